The first kappa shape index (κ1) is 23.9. The average molecular weight is 513 g/mol. The maximum atomic E-state index is 14.7. The Morgan fingerprint density at radius 3 is 2.79 bits per heavy atom. The topological polar surface area (TPSA) is 81.2 Å². The molecule has 33 heavy (non-hydrogen) atoms. The monoisotopic (exact) mass is 512 g/mol. The van der Waals surface area contributed by atoms with Gasteiger partial charge in [0.15, 0.2) is 0 Å². The summed E-state index contributed by atoms with van der Waals surface area (Å²) in [4.78, 5) is 12.4. The molecule has 2 aromatic heterocycles. The highest BCUT2D eigenvalue weighted by molar-refractivity contribution is 8.00. The van der Waals surface area contributed by atoms with Gasteiger partial charge >= 0.3 is 0 Å². The van der Waals surface area contributed by atoms with Crippen LogP contribution in [0.5, 0.6) is 0 Å². The number of pyridine rings is 1. The number of hydrogen-bond donors (Lipinski definition) is 3. The third kappa shape index (κ3) is 6.42. The van der Waals surface area contributed by atoms with E-state index in [1.807, 2.05) is 11.9 Å². The molecule has 8 nitrogen and oxygen atoms in total. The molecule has 13 heteroatoms. The van der Waals surface area contributed by atoms with Gasteiger partial charge in [-0.1, -0.05) is 11.6 Å². The molecule has 0 atom stereocenters. The second-order valence-electron chi connectivity index (χ2n) is 7.38. The fourth-order valence-corrected chi connectivity index (χ4v) is 4.76. The first-order chi connectivity index (χ1) is 16.0. The lowest BCUT2D eigenvalue weighted by atomic mass is 10.2. The maximum Gasteiger partial charge on any atom is 0.215 e. The second-order valence-corrected chi connectivity index (χ2v) is 9.41. The quantitative estimate of drug-likeness (QED) is 0.290. The van der Waals surface area contributed by atoms with Crippen LogP contribution in [0, 0.1) is 11.8 Å². The number of hydrogen-bond acceptors (Lipinski definition) is 10. The van der Waals surface area contributed by atoms with Crippen molar-refractivity contribution in [2.75, 3.05) is 61.3 Å². The summed E-state index contributed by atoms with van der Waals surface area (Å²) in [7, 11) is 1.89. The molecule has 1 fully saturated rings. The lowest BCUT2D eigenvalue weighted by Gasteiger charge is -2.30. The zero-order valence-corrected chi connectivity index (χ0v) is 20.2. The van der Waals surface area contributed by atoms with E-state index in [0.29, 0.717) is 38.7 Å². The minimum Gasteiger partial charge on any atom is -0.371 e. The zero-order chi connectivity index (χ0) is 23.2. The Bertz CT molecular complexity index is 1070. The molecule has 0 bridgehead atoms. The Kier molecular flexibility index (Phi) is 8.15. The van der Waals surface area contributed by atoms with E-state index in [0.717, 1.165) is 44.7 Å². The number of likely N-dealkylation sites (N-methyl/N-ethyl adjacent to an activating group) is 1. The van der Waals surface area contributed by atoms with Gasteiger partial charge < -0.3 is 20.3 Å². The first-order valence-corrected chi connectivity index (χ1v) is 12.2. The fraction of sp³-hybridized carbons (Fsp3) is 0.350. The van der Waals surface area contributed by atoms with Crippen molar-refractivity contribution in [3.05, 3.63) is 47.5 Å². The molecule has 0 radical (unpaired) electrons. The van der Waals surface area contributed by atoms with E-state index >= 15 is 0 Å². The molecule has 0 spiro atoms. The molecule has 0 aliphatic carbocycles. The highest BCUT2D eigenvalue weighted by Crippen LogP contribution is 2.35. The molecule has 0 saturated carbocycles. The summed E-state index contributed by atoms with van der Waals surface area (Å²) < 4.78 is 35.5. The molecular formula is C20H23ClF2N8S2. The van der Waals surface area contributed by atoms with Gasteiger partial charge in [-0.25, -0.2) is 14.4 Å². The van der Waals surface area contributed by atoms with Crippen LogP contribution in [0.4, 0.5) is 31.0 Å². The Labute approximate surface area is 204 Å². The van der Waals surface area contributed by atoms with Crippen molar-refractivity contribution in [1.29, 1.82) is 0 Å². The summed E-state index contributed by atoms with van der Waals surface area (Å²) in [5.41, 5.74) is 1.51. The van der Waals surface area contributed by atoms with Crippen LogP contribution < -0.4 is 20.3 Å². The Morgan fingerprint density at radius 2 is 2.03 bits per heavy atom. The standard InChI is InChI=1S/C20H23ClF2N8S2/c1-30(6-7-31-4-2-24-3-5-31)17-10-19(23)25-11-16(17)28-15-9-14(22)18(8-13(15)21)32-29-20-26-12-27-33-20/h8-12,24,28H,2-7H2,1H3,(H,26,27,29). The van der Waals surface area contributed by atoms with Gasteiger partial charge in [-0.3, -0.25) is 4.90 Å². The summed E-state index contributed by atoms with van der Waals surface area (Å²) in [5, 5.41) is 7.31. The SMILES string of the molecule is CN(CCN1CCNCC1)c1cc(F)ncc1Nc1cc(F)c(SNc2ncns2)cc1Cl. The maximum absolute atomic E-state index is 14.7. The molecule has 3 N–H and O–H groups in total. The smallest absolute Gasteiger partial charge is 0.215 e. The molecule has 176 valence electrons. The summed E-state index contributed by atoms with van der Waals surface area (Å²) in [5.74, 6) is -1.05. The van der Waals surface area contributed by atoms with Gasteiger partial charge in [0.2, 0.25) is 11.1 Å². The van der Waals surface area contributed by atoms with Gasteiger partial charge in [0.25, 0.3) is 0 Å². The molecule has 1 saturated heterocycles. The minimum atomic E-state index is -0.587. The van der Waals surface area contributed by atoms with Gasteiger partial charge in [-0.2, -0.15) is 8.76 Å². The molecule has 1 aromatic carbocycles. The Hall–Kier alpha value is -2.25. The summed E-state index contributed by atoms with van der Waals surface area (Å²) in [6, 6.07) is 4.18. The van der Waals surface area contributed by atoms with Crippen molar-refractivity contribution in [2.45, 2.75) is 4.90 Å². The predicted molar refractivity (Wildman–Crippen MR) is 131 cm³/mol. The number of nitrogens with one attached hydrogen (secondary N) is 3. The highest BCUT2D eigenvalue weighted by Gasteiger charge is 2.16. The van der Waals surface area contributed by atoms with Crippen LogP contribution >= 0.6 is 35.1 Å². The van der Waals surface area contributed by atoms with Crippen LogP contribution in [-0.4, -0.2) is 65.6 Å². The van der Waals surface area contributed by atoms with Crippen LogP contribution in [-0.2, 0) is 0 Å². The van der Waals surface area contributed by atoms with Crippen molar-refractivity contribution in [3.8, 4) is 0 Å². The predicted octanol–water partition coefficient (Wildman–Crippen LogP) is 4.07. The van der Waals surface area contributed by atoms with Crippen LogP contribution in [0.15, 0.2) is 35.6 Å². The summed E-state index contributed by atoms with van der Waals surface area (Å²) >= 11 is 8.64. The molecule has 4 rings (SSSR count). The third-order valence-corrected chi connectivity index (χ3v) is 6.97. The lowest BCUT2D eigenvalue weighted by molar-refractivity contribution is 0.246. The summed E-state index contributed by atoms with van der Waals surface area (Å²) in [6.07, 6.45) is 2.80. The van der Waals surface area contributed by atoms with Crippen molar-refractivity contribution in [3.63, 3.8) is 0 Å². The number of aromatic nitrogens is 3. The van der Waals surface area contributed by atoms with Crippen LogP contribution in [0.2, 0.25) is 5.02 Å². The van der Waals surface area contributed by atoms with Gasteiger partial charge in [0, 0.05) is 70.0 Å². The largest absolute Gasteiger partial charge is 0.371 e. The van der Waals surface area contributed by atoms with Crippen molar-refractivity contribution in [1.82, 2.24) is 24.6 Å². The Morgan fingerprint density at radius 1 is 1.21 bits per heavy atom. The fourth-order valence-electron chi connectivity index (χ4n) is 3.34. The second kappa shape index (κ2) is 11.3. The van der Waals surface area contributed by atoms with Crippen molar-refractivity contribution in [2.24, 2.45) is 0 Å². The van der Waals surface area contributed by atoms with Gasteiger partial charge in [0.1, 0.15) is 12.1 Å². The van der Waals surface area contributed by atoms with Gasteiger partial charge in [-0.05, 0) is 18.0 Å². The van der Waals surface area contributed by atoms with Gasteiger partial charge in [-0.15, -0.1) is 0 Å². The van der Waals surface area contributed by atoms with Crippen molar-refractivity contribution < 1.29 is 8.78 Å². The number of rotatable bonds is 9. The number of benzene rings is 1. The van der Waals surface area contributed by atoms with Gasteiger partial charge in [0.05, 0.1) is 33.2 Å². The minimum absolute atomic E-state index is 0.311. The van der Waals surface area contributed by atoms with E-state index in [9.17, 15) is 8.78 Å². The highest BCUT2D eigenvalue weighted by atomic mass is 35.5. The van der Waals surface area contributed by atoms with E-state index < -0.39 is 11.8 Å². The third-order valence-electron chi connectivity index (χ3n) is 5.12. The van der Waals surface area contributed by atoms with Crippen LogP contribution in [0.3, 0.4) is 0 Å². The molecule has 0 amide bonds. The number of piperazine rings is 1. The molecule has 1 aliphatic heterocycles. The average Bonchev–Trinajstić information content (AvgIpc) is 3.34. The van der Waals surface area contributed by atoms with Crippen molar-refractivity contribution >= 4 is 57.3 Å². The van der Waals surface area contributed by atoms with E-state index in [-0.39, 0.29) is 0 Å². The van der Waals surface area contributed by atoms with E-state index in [2.05, 4.69) is 34.6 Å². The van der Waals surface area contributed by atoms with Crippen LogP contribution in [0.1, 0.15) is 0 Å². The number of halogens is 3. The molecule has 3 heterocycles. The molecule has 3 aromatic rings. The first-order valence-electron chi connectivity index (χ1n) is 10.2. The molecular weight excluding hydrogens is 490 g/mol. The van der Waals surface area contributed by atoms with E-state index in [4.69, 9.17) is 11.6 Å². The van der Waals surface area contributed by atoms with E-state index in [1.54, 1.807) is 0 Å². The molecule has 1 aliphatic rings. The zero-order valence-electron chi connectivity index (χ0n) is 17.8. The molecule has 0 unspecified atom stereocenters. The Balaban J connectivity index is 1.47. The lowest BCUT2D eigenvalue weighted by Crippen LogP contribution is -2.46. The van der Waals surface area contributed by atoms with Crippen LogP contribution in [0.25, 0.3) is 0 Å². The summed E-state index contributed by atoms with van der Waals surface area (Å²) in [6.45, 7) is 5.45. The number of nitrogens with zero attached hydrogens (tertiary/aromatic N) is 5. The number of anilines is 4. The normalized spacial score (nSPS) is 14.3. The van der Waals surface area contributed by atoms with E-state index in [1.165, 1.54) is 42.3 Å².